The number of nitrogens with zero attached hydrogens (tertiary/aromatic N) is 3. The molecule has 0 aromatic rings. The van der Waals surface area contributed by atoms with Crippen LogP contribution < -0.4 is 5.32 Å². The molecular weight excluding hydrogens is 772 g/mol. The molecule has 4 rings (SSSR count). The van der Waals surface area contributed by atoms with Crippen LogP contribution in [0, 0.1) is 46.3 Å². The van der Waals surface area contributed by atoms with Crippen LogP contribution in [-0.2, 0) is 33.6 Å². The van der Waals surface area contributed by atoms with Crippen LogP contribution in [0.3, 0.4) is 0 Å². The summed E-state index contributed by atoms with van der Waals surface area (Å²) in [7, 11) is 0. The van der Waals surface area contributed by atoms with Gasteiger partial charge in [-0.2, -0.15) is 0 Å². The summed E-state index contributed by atoms with van der Waals surface area (Å²) in [6, 6.07) is -1.43. The van der Waals surface area contributed by atoms with Crippen molar-refractivity contribution in [3.05, 3.63) is 0 Å². The predicted octanol–water partition coefficient (Wildman–Crippen LogP) is 2.08. The van der Waals surface area contributed by atoms with E-state index in [1.165, 1.54) is 4.90 Å². The molecule has 59 heavy (non-hydrogen) atoms. The Morgan fingerprint density at radius 2 is 1.22 bits per heavy atom. The van der Waals surface area contributed by atoms with E-state index >= 15 is 0 Å². The van der Waals surface area contributed by atoms with Crippen molar-refractivity contribution in [1.82, 2.24) is 20.0 Å². The first-order valence-corrected chi connectivity index (χ1v) is 21.1. The number of amides is 1. The molecular formula is C41H66N4O14. The molecule has 0 spiro atoms. The second kappa shape index (κ2) is 20.6. The van der Waals surface area contributed by atoms with E-state index in [0.29, 0.717) is 36.5 Å². The zero-order chi connectivity index (χ0) is 43.8. The van der Waals surface area contributed by atoms with E-state index in [2.05, 4.69) is 26.1 Å². The minimum atomic E-state index is -1.31. The molecule has 4 aliphatic rings. The molecule has 0 aromatic carbocycles. The largest absolute Gasteiger partial charge is 0.481 e. The summed E-state index contributed by atoms with van der Waals surface area (Å²) in [6.07, 6.45) is 7.09. The number of carbonyl (C=O) groups excluding carboxylic acids is 1. The molecule has 334 valence electrons. The van der Waals surface area contributed by atoms with Gasteiger partial charge in [0.25, 0.3) is 0 Å². The second-order valence-electron chi connectivity index (χ2n) is 18.3. The van der Waals surface area contributed by atoms with E-state index < -0.39 is 74.1 Å². The van der Waals surface area contributed by atoms with Gasteiger partial charge in [0.2, 0.25) is 5.91 Å². The van der Waals surface area contributed by atoms with E-state index in [1.807, 2.05) is 0 Å². The number of carboxylic acids is 6. The van der Waals surface area contributed by atoms with Crippen LogP contribution in [0.25, 0.3) is 0 Å². The first-order valence-electron chi connectivity index (χ1n) is 21.1. The Kier molecular flexibility index (Phi) is 16.7. The van der Waals surface area contributed by atoms with Crippen LogP contribution in [0.4, 0.5) is 0 Å². The third kappa shape index (κ3) is 12.1. The Morgan fingerprint density at radius 1 is 0.661 bits per heavy atom. The molecule has 0 radical (unpaired) electrons. The number of hydrogen-bond donors (Lipinski definition) is 8. The van der Waals surface area contributed by atoms with E-state index in [0.717, 1.165) is 54.7 Å². The van der Waals surface area contributed by atoms with Crippen molar-refractivity contribution in [3.8, 4) is 0 Å². The van der Waals surface area contributed by atoms with Gasteiger partial charge in [-0.25, -0.2) is 0 Å². The van der Waals surface area contributed by atoms with Crippen molar-refractivity contribution in [2.75, 3.05) is 52.4 Å². The van der Waals surface area contributed by atoms with Crippen LogP contribution in [0.5, 0.6) is 0 Å². The van der Waals surface area contributed by atoms with Crippen molar-refractivity contribution in [1.29, 1.82) is 0 Å². The Bertz CT molecular complexity index is 1470. The molecule has 0 heterocycles. The van der Waals surface area contributed by atoms with Gasteiger partial charge in [-0.05, 0) is 111 Å². The average molecular weight is 839 g/mol. The molecule has 0 aromatic heterocycles. The van der Waals surface area contributed by atoms with Crippen LogP contribution in [0.1, 0.15) is 97.8 Å². The van der Waals surface area contributed by atoms with Crippen molar-refractivity contribution in [2.45, 2.75) is 116 Å². The Hall–Kier alpha value is -3.87. The average Bonchev–Trinajstić information content (AvgIpc) is 3.49. The monoisotopic (exact) mass is 838 g/mol. The van der Waals surface area contributed by atoms with E-state index in [4.69, 9.17) is 0 Å². The van der Waals surface area contributed by atoms with Crippen molar-refractivity contribution in [3.63, 3.8) is 0 Å². The summed E-state index contributed by atoms with van der Waals surface area (Å²) in [4.78, 5) is 86.6. The van der Waals surface area contributed by atoms with Gasteiger partial charge >= 0.3 is 35.8 Å². The fraction of sp³-hybridized carbons (Fsp3) is 0.829. The lowest BCUT2D eigenvalue weighted by Gasteiger charge is -2.62. The molecule has 4 saturated carbocycles. The number of aliphatic hydroxyl groups excluding tert-OH is 1. The number of carboxylic acid groups (broad SMARTS) is 6. The topological polar surface area (TPSA) is 283 Å². The van der Waals surface area contributed by atoms with Gasteiger partial charge in [0.1, 0.15) is 6.04 Å². The summed E-state index contributed by atoms with van der Waals surface area (Å²) in [5.74, 6) is -5.61. The van der Waals surface area contributed by atoms with Gasteiger partial charge in [-0.15, -0.1) is 0 Å². The molecule has 4 fully saturated rings. The molecule has 0 bridgehead atoms. The number of aliphatic carboxylic acids is 6. The van der Waals surface area contributed by atoms with E-state index in [-0.39, 0.29) is 80.1 Å². The molecule has 0 aliphatic heterocycles. The lowest BCUT2D eigenvalue weighted by Crippen LogP contribution is -2.59. The molecule has 5 unspecified atom stereocenters. The summed E-state index contributed by atoms with van der Waals surface area (Å²) < 4.78 is 0. The second-order valence-corrected chi connectivity index (χ2v) is 18.3. The highest BCUT2D eigenvalue weighted by Crippen LogP contribution is 2.68. The first kappa shape index (κ1) is 47.8. The maximum atomic E-state index is 13.5. The van der Waals surface area contributed by atoms with Crippen LogP contribution in [-0.4, -0.2) is 163 Å². The maximum Gasteiger partial charge on any atom is 0.320 e. The van der Waals surface area contributed by atoms with Crippen LogP contribution >= 0.6 is 0 Å². The normalized spacial score (nSPS) is 31.1. The minimum absolute atomic E-state index is 0.0152. The highest BCUT2D eigenvalue weighted by molar-refractivity contribution is 5.79. The molecule has 1 amide bonds. The van der Waals surface area contributed by atoms with Gasteiger partial charge in [0, 0.05) is 45.1 Å². The minimum Gasteiger partial charge on any atom is -0.481 e. The fourth-order valence-corrected chi connectivity index (χ4v) is 12.1. The molecule has 4 aliphatic carbocycles. The smallest absolute Gasteiger partial charge is 0.320 e. The van der Waals surface area contributed by atoms with Gasteiger partial charge in [-0.1, -0.05) is 20.8 Å². The van der Waals surface area contributed by atoms with Crippen molar-refractivity contribution in [2.24, 2.45) is 46.3 Å². The number of fused-ring (bicyclic) bond motifs is 5. The first-order chi connectivity index (χ1) is 27.6. The summed E-state index contributed by atoms with van der Waals surface area (Å²) in [6.45, 7) is 3.51. The number of hydrogen-bond acceptors (Lipinski definition) is 11. The highest BCUT2D eigenvalue weighted by Gasteiger charge is 2.63. The zero-order valence-electron chi connectivity index (χ0n) is 34.7. The van der Waals surface area contributed by atoms with Crippen molar-refractivity contribution < 1.29 is 69.3 Å². The van der Waals surface area contributed by atoms with Gasteiger partial charge in [-0.3, -0.25) is 48.3 Å². The Morgan fingerprint density at radius 3 is 1.73 bits per heavy atom. The molecule has 0 saturated heterocycles. The summed E-state index contributed by atoms with van der Waals surface area (Å²) >= 11 is 0. The Labute approximate surface area is 345 Å². The number of nitrogens with one attached hydrogen (secondary N) is 1. The summed E-state index contributed by atoms with van der Waals surface area (Å²) in [5.41, 5.74) is -0.262. The fourth-order valence-electron chi connectivity index (χ4n) is 12.1. The van der Waals surface area contributed by atoms with Gasteiger partial charge < -0.3 is 41.1 Å². The van der Waals surface area contributed by atoms with Gasteiger partial charge in [0.05, 0.1) is 32.3 Å². The molecule has 8 N–H and O–H groups in total. The van der Waals surface area contributed by atoms with Crippen LogP contribution in [0.2, 0.25) is 0 Å². The number of aliphatic hydroxyl groups is 1. The van der Waals surface area contributed by atoms with E-state index in [9.17, 15) is 69.3 Å². The van der Waals surface area contributed by atoms with Gasteiger partial charge in [0.15, 0.2) is 0 Å². The van der Waals surface area contributed by atoms with E-state index in [1.54, 1.807) is 0 Å². The Balaban J connectivity index is 1.39. The lowest BCUT2D eigenvalue weighted by molar-refractivity contribution is -0.170. The SMILES string of the molecule is CC(CCC(=O)O)[C@H]1CCC2C3CCC4C[C@@H](NC(=O)CC[C@@H](C(=O)O)N(CCN(CC(=O)O)CC(=O)O)CCN(CC(=O)O)CC(=O)O)CC[C@]4(C)C3C[C@H](O)[C@@]21C. The van der Waals surface area contributed by atoms with Crippen LogP contribution in [0.15, 0.2) is 0 Å². The molecule has 18 nitrogen and oxygen atoms in total. The summed E-state index contributed by atoms with van der Waals surface area (Å²) in [5, 5.41) is 71.8. The zero-order valence-corrected chi connectivity index (χ0v) is 34.7. The standard InChI is InChI=1S/C41H66N4O14/c1-24(4-11-34(48)49)28-7-8-29-27-6-5-25-18-26(12-13-40(25,2)30(27)19-32(46)41(28,29)3)42-33(47)10-9-31(39(58)59)45(16-14-43(20-35(50)51)21-36(52)53)17-15-44(22-37(54)55)23-38(56)57/h24-32,46H,4-23H2,1-3H3,(H,42,47)(H,48,49)(H,50,51)(H,52,53)(H,54,55)(H,56,57)(H,58,59)/t24?,25?,26-,27?,28+,29?,30?,31-,32-,40-,41+/m0/s1. The maximum absolute atomic E-state index is 13.5. The van der Waals surface area contributed by atoms with Crippen molar-refractivity contribution >= 4 is 41.7 Å². The third-order valence-corrected chi connectivity index (χ3v) is 14.9. The quantitative estimate of drug-likeness (QED) is 0.0691. The predicted molar refractivity (Wildman–Crippen MR) is 210 cm³/mol. The lowest BCUT2D eigenvalue weighted by atomic mass is 9.43. The molecule has 11 atom stereocenters. The highest BCUT2D eigenvalue weighted by atomic mass is 16.4. The third-order valence-electron chi connectivity index (χ3n) is 14.9. The molecule has 18 heteroatoms. The number of rotatable bonds is 24. The number of carbonyl (C=O) groups is 7.